The number of rotatable bonds is 8. The summed E-state index contributed by atoms with van der Waals surface area (Å²) in [4.78, 5) is 18.0. The Hall–Kier alpha value is -2.37. The van der Waals surface area contributed by atoms with Gasteiger partial charge in [-0.1, -0.05) is 26.0 Å². The summed E-state index contributed by atoms with van der Waals surface area (Å²) in [5.74, 6) is 0. The van der Waals surface area contributed by atoms with E-state index in [9.17, 15) is 9.90 Å². The second-order valence-electron chi connectivity index (χ2n) is 8.37. The van der Waals surface area contributed by atoms with Crippen LogP contribution in [0.1, 0.15) is 62.0 Å². The van der Waals surface area contributed by atoms with E-state index in [-0.39, 0.29) is 12.1 Å². The number of carboxylic acid groups (broad SMARTS) is 1. The quantitative estimate of drug-likeness (QED) is 0.590. The fourth-order valence-electron chi connectivity index (χ4n) is 3.79. The van der Waals surface area contributed by atoms with Crippen LogP contribution < -0.4 is 4.90 Å². The maximum absolute atomic E-state index is 12.3. The number of hydrogen-bond donors (Lipinski definition) is 1. The molecule has 5 heteroatoms. The predicted octanol–water partition coefficient (Wildman–Crippen LogP) is 5.87. The van der Waals surface area contributed by atoms with Crippen molar-refractivity contribution >= 4 is 17.5 Å². The minimum Gasteiger partial charge on any atom is -0.464 e. The minimum absolute atomic E-state index is 0.197. The molecule has 0 saturated heterocycles. The molecule has 1 amide bonds. The Morgan fingerprint density at radius 2 is 1.17 bits per heavy atom. The van der Waals surface area contributed by atoms with Gasteiger partial charge in [0.05, 0.1) is 11.4 Å². The summed E-state index contributed by atoms with van der Waals surface area (Å²) >= 11 is 0. The standard InChI is InChI=1S/C25H37N3O2/c1-9-19-11-13-21(15-23(19)17(3)26(5)6)28(25(29)30)22-14-12-20(10-2)24(16-22)18(4)27(7)8/h11-18H,9-10H2,1-8H3,(H,29,30). The number of benzene rings is 2. The van der Waals surface area contributed by atoms with Gasteiger partial charge >= 0.3 is 6.09 Å². The van der Waals surface area contributed by atoms with Gasteiger partial charge in [-0.3, -0.25) is 0 Å². The van der Waals surface area contributed by atoms with Crippen molar-refractivity contribution in [1.82, 2.24) is 9.80 Å². The summed E-state index contributed by atoms with van der Waals surface area (Å²) in [6.07, 6.45) is 0.850. The molecule has 2 unspecified atom stereocenters. The first-order valence-corrected chi connectivity index (χ1v) is 10.7. The first-order chi connectivity index (χ1) is 14.1. The van der Waals surface area contributed by atoms with Crippen molar-refractivity contribution in [2.75, 3.05) is 33.1 Å². The van der Waals surface area contributed by atoms with Gasteiger partial charge in [-0.05, 0) is 101 Å². The molecule has 2 aromatic rings. The Balaban J connectivity index is 2.62. The highest BCUT2D eigenvalue weighted by Gasteiger charge is 2.22. The van der Waals surface area contributed by atoms with Gasteiger partial charge in [0, 0.05) is 12.1 Å². The van der Waals surface area contributed by atoms with Crippen LogP contribution in [-0.4, -0.2) is 49.2 Å². The van der Waals surface area contributed by atoms with E-state index in [0.29, 0.717) is 11.4 Å². The van der Waals surface area contributed by atoms with Gasteiger partial charge in [0.25, 0.3) is 0 Å². The Morgan fingerprint density at radius 1 is 0.800 bits per heavy atom. The molecule has 0 bridgehead atoms. The van der Waals surface area contributed by atoms with Crippen molar-refractivity contribution < 1.29 is 9.90 Å². The summed E-state index contributed by atoms with van der Waals surface area (Å²) in [6.45, 7) is 8.56. The van der Waals surface area contributed by atoms with Gasteiger partial charge in [-0.25, -0.2) is 9.69 Å². The van der Waals surface area contributed by atoms with E-state index in [2.05, 4.69) is 49.6 Å². The Labute approximate surface area is 181 Å². The molecule has 164 valence electrons. The summed E-state index contributed by atoms with van der Waals surface area (Å²) in [6, 6.07) is 12.4. The molecule has 2 rings (SSSR count). The van der Waals surface area contributed by atoms with Crippen molar-refractivity contribution in [3.05, 3.63) is 58.7 Å². The lowest BCUT2D eigenvalue weighted by molar-refractivity contribution is 0.204. The van der Waals surface area contributed by atoms with Crippen LogP contribution in [0.4, 0.5) is 16.2 Å². The maximum Gasteiger partial charge on any atom is 0.416 e. The zero-order chi connectivity index (χ0) is 22.6. The molecule has 0 saturated carbocycles. The topological polar surface area (TPSA) is 47.0 Å². The molecule has 2 atom stereocenters. The van der Waals surface area contributed by atoms with Crippen molar-refractivity contribution in [3.63, 3.8) is 0 Å². The van der Waals surface area contributed by atoms with Crippen LogP contribution in [0, 0.1) is 0 Å². The van der Waals surface area contributed by atoms with Gasteiger partial charge in [-0.2, -0.15) is 0 Å². The van der Waals surface area contributed by atoms with E-state index < -0.39 is 6.09 Å². The summed E-state index contributed by atoms with van der Waals surface area (Å²) in [7, 11) is 8.18. The van der Waals surface area contributed by atoms with Crippen LogP contribution in [0.5, 0.6) is 0 Å². The van der Waals surface area contributed by atoms with Crippen LogP contribution >= 0.6 is 0 Å². The highest BCUT2D eigenvalue weighted by Crippen LogP contribution is 2.34. The van der Waals surface area contributed by atoms with Gasteiger partial charge in [-0.15, -0.1) is 0 Å². The molecule has 1 N–H and O–H groups in total. The Morgan fingerprint density at radius 3 is 1.43 bits per heavy atom. The fourth-order valence-corrected chi connectivity index (χ4v) is 3.79. The van der Waals surface area contributed by atoms with Gasteiger partial charge in [0.2, 0.25) is 0 Å². The first-order valence-electron chi connectivity index (χ1n) is 10.7. The number of aryl methyl sites for hydroxylation is 2. The average Bonchev–Trinajstić information content (AvgIpc) is 2.72. The molecule has 2 aromatic carbocycles. The second-order valence-corrected chi connectivity index (χ2v) is 8.37. The van der Waals surface area contributed by atoms with Crippen molar-refractivity contribution in [2.24, 2.45) is 0 Å². The first kappa shape index (κ1) is 23.9. The molecule has 5 nitrogen and oxygen atoms in total. The average molecular weight is 412 g/mol. The van der Waals surface area contributed by atoms with Crippen LogP contribution in [0.25, 0.3) is 0 Å². The van der Waals surface area contributed by atoms with Gasteiger partial charge in [0.15, 0.2) is 0 Å². The van der Waals surface area contributed by atoms with Crippen LogP contribution in [0.15, 0.2) is 36.4 Å². The largest absolute Gasteiger partial charge is 0.464 e. The van der Waals surface area contributed by atoms with E-state index >= 15 is 0 Å². The summed E-state index contributed by atoms with van der Waals surface area (Å²) < 4.78 is 0. The zero-order valence-corrected chi connectivity index (χ0v) is 19.7. The number of carbonyl (C=O) groups is 1. The highest BCUT2D eigenvalue weighted by atomic mass is 16.4. The Bertz CT molecular complexity index is 811. The van der Waals surface area contributed by atoms with Gasteiger partial charge in [0.1, 0.15) is 0 Å². The third kappa shape index (κ3) is 5.02. The molecule has 0 aliphatic carbocycles. The van der Waals surface area contributed by atoms with Gasteiger partial charge < -0.3 is 14.9 Å². The minimum atomic E-state index is -0.976. The molecule has 0 aromatic heterocycles. The number of amides is 1. The van der Waals surface area contributed by atoms with Crippen LogP contribution in [0.3, 0.4) is 0 Å². The summed E-state index contributed by atoms with van der Waals surface area (Å²) in [5, 5.41) is 10.1. The van der Waals surface area contributed by atoms with Crippen molar-refractivity contribution in [1.29, 1.82) is 0 Å². The molecule has 0 radical (unpaired) electrons. The highest BCUT2D eigenvalue weighted by molar-refractivity contribution is 5.95. The lowest BCUT2D eigenvalue weighted by atomic mass is 9.96. The third-order valence-electron chi connectivity index (χ3n) is 6.18. The Kier molecular flexibility index (Phi) is 8.04. The van der Waals surface area contributed by atoms with E-state index in [1.165, 1.54) is 27.2 Å². The zero-order valence-electron chi connectivity index (χ0n) is 19.7. The lowest BCUT2D eigenvalue weighted by Crippen LogP contribution is -2.25. The van der Waals surface area contributed by atoms with E-state index in [1.54, 1.807) is 0 Å². The maximum atomic E-state index is 12.3. The van der Waals surface area contributed by atoms with E-state index in [0.717, 1.165) is 12.8 Å². The van der Waals surface area contributed by atoms with Crippen molar-refractivity contribution in [2.45, 2.75) is 52.6 Å². The molecular weight excluding hydrogens is 374 g/mol. The number of nitrogens with zero attached hydrogens (tertiary/aromatic N) is 3. The second kappa shape index (κ2) is 10.1. The monoisotopic (exact) mass is 411 g/mol. The number of anilines is 2. The molecule has 0 spiro atoms. The fraction of sp³-hybridized carbons (Fsp3) is 0.480. The van der Waals surface area contributed by atoms with Crippen LogP contribution in [-0.2, 0) is 12.8 Å². The smallest absolute Gasteiger partial charge is 0.416 e. The molecule has 0 aliphatic rings. The molecule has 0 fully saturated rings. The molecular formula is C25H37N3O2. The van der Waals surface area contributed by atoms with Crippen LogP contribution in [0.2, 0.25) is 0 Å². The molecule has 0 aliphatic heterocycles. The number of hydrogen-bond acceptors (Lipinski definition) is 3. The van der Waals surface area contributed by atoms with E-state index in [4.69, 9.17) is 0 Å². The predicted molar refractivity (Wildman–Crippen MR) is 126 cm³/mol. The third-order valence-corrected chi connectivity index (χ3v) is 6.18. The molecule has 30 heavy (non-hydrogen) atoms. The SMILES string of the molecule is CCc1ccc(N(C(=O)O)c2ccc(CC)c(C(C)N(C)C)c2)cc1C(C)N(C)C. The van der Waals surface area contributed by atoms with E-state index in [1.807, 2.05) is 52.5 Å². The summed E-state index contributed by atoms with van der Waals surface area (Å²) in [5.41, 5.74) is 6.17. The normalized spacial score (nSPS) is 13.5. The lowest BCUT2D eigenvalue weighted by Gasteiger charge is -2.28. The van der Waals surface area contributed by atoms with Crippen molar-refractivity contribution in [3.8, 4) is 0 Å². The molecule has 0 heterocycles.